The molecule has 0 spiro atoms. The Balaban J connectivity index is 3.71. The van der Waals surface area contributed by atoms with Gasteiger partial charge in [-0.05, 0) is 13.3 Å². The number of carboxylic acids is 1. The molecule has 2 unspecified atom stereocenters. The molecule has 11 heavy (non-hydrogen) atoms. The van der Waals surface area contributed by atoms with Gasteiger partial charge in [0.1, 0.15) is 6.04 Å². The van der Waals surface area contributed by atoms with Crippen LogP contribution in [0.4, 0.5) is 0 Å². The smallest absolute Gasteiger partial charge is 0.320 e. The highest BCUT2D eigenvalue weighted by atomic mass is 16.4. The highest BCUT2D eigenvalue weighted by Crippen LogP contribution is 1.92. The van der Waals surface area contributed by atoms with Gasteiger partial charge in [-0.25, -0.2) is 0 Å². The minimum atomic E-state index is -0.892. The van der Waals surface area contributed by atoms with Crippen LogP contribution in [0, 0.1) is 0 Å². The first-order valence-corrected chi connectivity index (χ1v) is 3.71. The van der Waals surface area contributed by atoms with E-state index in [9.17, 15) is 4.79 Å². The van der Waals surface area contributed by atoms with Gasteiger partial charge >= 0.3 is 5.97 Å². The first-order valence-electron chi connectivity index (χ1n) is 3.71. The largest absolute Gasteiger partial charge is 0.480 e. The second-order valence-electron chi connectivity index (χ2n) is 2.51. The van der Waals surface area contributed by atoms with Crippen molar-refractivity contribution in [3.8, 4) is 0 Å². The third-order valence-electron chi connectivity index (χ3n) is 1.57. The molecule has 0 amide bonds. The molecule has 0 aliphatic rings. The summed E-state index contributed by atoms with van der Waals surface area (Å²) >= 11 is 0. The summed E-state index contributed by atoms with van der Waals surface area (Å²) in [5.74, 6) is -0.892. The quantitative estimate of drug-likeness (QED) is 0.523. The zero-order valence-corrected chi connectivity index (χ0v) is 6.87. The number of rotatable bonds is 5. The first-order chi connectivity index (χ1) is 5.11. The van der Waals surface area contributed by atoms with Crippen LogP contribution in [0.1, 0.15) is 20.3 Å². The fourth-order valence-electron chi connectivity index (χ4n) is 0.724. The Bertz CT molecular complexity index is 123. The van der Waals surface area contributed by atoms with Gasteiger partial charge in [0.2, 0.25) is 0 Å². The monoisotopic (exact) mass is 161 g/mol. The average molecular weight is 161 g/mol. The number of hydrogen-bond acceptors (Lipinski definition) is 3. The second-order valence-corrected chi connectivity index (χ2v) is 2.51. The summed E-state index contributed by atoms with van der Waals surface area (Å²) in [5.41, 5.74) is 0. The zero-order valence-electron chi connectivity index (χ0n) is 6.87. The standard InChI is InChI=1S/C7H15NO3/c1-3-6(4-9)8-5(2)7(10)11/h5-6,8-9H,3-4H2,1-2H3,(H,10,11). The number of aliphatic hydroxyl groups is 1. The maximum Gasteiger partial charge on any atom is 0.320 e. The summed E-state index contributed by atoms with van der Waals surface area (Å²) in [6, 6.07) is -0.701. The molecule has 0 saturated carbocycles. The molecule has 0 aliphatic carbocycles. The Morgan fingerprint density at radius 1 is 1.64 bits per heavy atom. The number of nitrogens with one attached hydrogen (secondary N) is 1. The molecule has 3 N–H and O–H groups in total. The highest BCUT2D eigenvalue weighted by molar-refractivity contribution is 5.72. The Labute approximate surface area is 66.2 Å². The number of aliphatic carboxylic acids is 1. The van der Waals surface area contributed by atoms with E-state index >= 15 is 0 Å². The number of carboxylic acid groups (broad SMARTS) is 1. The normalized spacial score (nSPS) is 15.9. The van der Waals surface area contributed by atoms with E-state index in [2.05, 4.69) is 5.32 Å². The van der Waals surface area contributed by atoms with E-state index in [1.165, 1.54) is 0 Å². The van der Waals surface area contributed by atoms with Gasteiger partial charge in [-0.15, -0.1) is 0 Å². The summed E-state index contributed by atoms with van der Waals surface area (Å²) in [6.07, 6.45) is 0.730. The van der Waals surface area contributed by atoms with Crippen LogP contribution in [0.15, 0.2) is 0 Å². The molecule has 0 fully saturated rings. The van der Waals surface area contributed by atoms with Crippen molar-refractivity contribution in [3.05, 3.63) is 0 Å². The molecule has 0 aromatic carbocycles. The Morgan fingerprint density at radius 3 is 2.45 bits per heavy atom. The van der Waals surface area contributed by atoms with Crippen LogP contribution in [0.5, 0.6) is 0 Å². The van der Waals surface area contributed by atoms with Crippen molar-refractivity contribution in [1.82, 2.24) is 5.32 Å². The van der Waals surface area contributed by atoms with Crippen LogP contribution in [-0.4, -0.2) is 34.9 Å². The van der Waals surface area contributed by atoms with Crippen molar-refractivity contribution in [2.45, 2.75) is 32.4 Å². The van der Waals surface area contributed by atoms with Gasteiger partial charge in [-0.2, -0.15) is 0 Å². The topological polar surface area (TPSA) is 69.6 Å². The minimum Gasteiger partial charge on any atom is -0.480 e. The SMILES string of the molecule is CCC(CO)NC(C)C(=O)O. The van der Waals surface area contributed by atoms with Gasteiger partial charge in [-0.1, -0.05) is 6.92 Å². The van der Waals surface area contributed by atoms with E-state index in [1.54, 1.807) is 6.92 Å². The van der Waals surface area contributed by atoms with E-state index in [-0.39, 0.29) is 12.6 Å². The fourth-order valence-corrected chi connectivity index (χ4v) is 0.724. The second kappa shape index (κ2) is 5.09. The van der Waals surface area contributed by atoms with Crippen LogP contribution in [-0.2, 0) is 4.79 Å². The fraction of sp³-hybridized carbons (Fsp3) is 0.857. The van der Waals surface area contributed by atoms with E-state index in [4.69, 9.17) is 10.2 Å². The molecule has 4 heteroatoms. The Kier molecular flexibility index (Phi) is 4.81. The molecule has 0 heterocycles. The van der Waals surface area contributed by atoms with Crippen molar-refractivity contribution in [2.24, 2.45) is 0 Å². The summed E-state index contributed by atoms with van der Waals surface area (Å²) in [5, 5.41) is 19.9. The zero-order chi connectivity index (χ0) is 8.85. The molecule has 0 rings (SSSR count). The summed E-state index contributed by atoms with van der Waals surface area (Å²) < 4.78 is 0. The van der Waals surface area contributed by atoms with Crippen molar-refractivity contribution < 1.29 is 15.0 Å². The molecule has 2 atom stereocenters. The van der Waals surface area contributed by atoms with E-state index in [1.807, 2.05) is 6.92 Å². The van der Waals surface area contributed by atoms with Crippen LogP contribution in [0.3, 0.4) is 0 Å². The Hall–Kier alpha value is -0.610. The van der Waals surface area contributed by atoms with Gasteiger partial charge in [-0.3, -0.25) is 10.1 Å². The van der Waals surface area contributed by atoms with Crippen molar-refractivity contribution in [1.29, 1.82) is 0 Å². The van der Waals surface area contributed by atoms with Crippen LogP contribution in [0.25, 0.3) is 0 Å². The van der Waals surface area contributed by atoms with E-state index < -0.39 is 12.0 Å². The molecule has 4 nitrogen and oxygen atoms in total. The lowest BCUT2D eigenvalue weighted by atomic mass is 10.2. The molecule has 0 aliphatic heterocycles. The van der Waals surface area contributed by atoms with Crippen molar-refractivity contribution in [3.63, 3.8) is 0 Å². The molecule has 0 saturated heterocycles. The number of hydrogen-bond donors (Lipinski definition) is 3. The lowest BCUT2D eigenvalue weighted by molar-refractivity contribution is -0.139. The van der Waals surface area contributed by atoms with Crippen molar-refractivity contribution >= 4 is 5.97 Å². The third kappa shape index (κ3) is 3.95. The van der Waals surface area contributed by atoms with Gasteiger partial charge in [0.05, 0.1) is 6.61 Å². The molecule has 0 radical (unpaired) electrons. The van der Waals surface area contributed by atoms with Crippen LogP contribution in [0.2, 0.25) is 0 Å². The predicted octanol–water partition coefficient (Wildman–Crippen LogP) is -0.180. The predicted molar refractivity (Wildman–Crippen MR) is 41.4 cm³/mol. The number of carbonyl (C=O) groups is 1. The van der Waals surface area contributed by atoms with E-state index in [0.29, 0.717) is 0 Å². The van der Waals surface area contributed by atoms with Crippen molar-refractivity contribution in [2.75, 3.05) is 6.61 Å². The molecule has 0 aromatic rings. The molecule has 0 aromatic heterocycles. The molecule has 66 valence electrons. The highest BCUT2D eigenvalue weighted by Gasteiger charge is 2.14. The summed E-state index contributed by atoms with van der Waals surface area (Å²) in [4.78, 5) is 10.3. The third-order valence-corrected chi connectivity index (χ3v) is 1.57. The molecular weight excluding hydrogens is 146 g/mol. The van der Waals surface area contributed by atoms with Gasteiger partial charge in [0, 0.05) is 6.04 Å². The van der Waals surface area contributed by atoms with Gasteiger partial charge in [0.25, 0.3) is 0 Å². The van der Waals surface area contributed by atoms with E-state index in [0.717, 1.165) is 6.42 Å². The average Bonchev–Trinajstić information content (AvgIpc) is 1.99. The van der Waals surface area contributed by atoms with Gasteiger partial charge in [0.15, 0.2) is 0 Å². The maximum absolute atomic E-state index is 10.3. The summed E-state index contributed by atoms with van der Waals surface area (Å²) in [6.45, 7) is 3.43. The summed E-state index contributed by atoms with van der Waals surface area (Å²) in [7, 11) is 0. The molecular formula is C7H15NO3. The van der Waals surface area contributed by atoms with Crippen LogP contribution < -0.4 is 5.32 Å². The van der Waals surface area contributed by atoms with Gasteiger partial charge < -0.3 is 10.2 Å². The first kappa shape index (κ1) is 10.4. The lowest BCUT2D eigenvalue weighted by Crippen LogP contribution is -2.42. The minimum absolute atomic E-state index is 0.0197. The lowest BCUT2D eigenvalue weighted by Gasteiger charge is -2.16. The number of aliphatic hydroxyl groups excluding tert-OH is 1. The maximum atomic E-state index is 10.3. The van der Waals surface area contributed by atoms with Crippen LogP contribution >= 0.6 is 0 Å². The Morgan fingerprint density at radius 2 is 2.18 bits per heavy atom. The molecule has 0 bridgehead atoms.